The summed E-state index contributed by atoms with van der Waals surface area (Å²) < 4.78 is 5.05. The first-order chi connectivity index (χ1) is 12.7. The molecule has 2 heterocycles. The molecule has 7 heteroatoms. The number of carbonyl (C=O) groups is 1. The van der Waals surface area contributed by atoms with E-state index in [1.54, 1.807) is 42.5 Å². The minimum atomic E-state index is -0.340. The van der Waals surface area contributed by atoms with Crippen LogP contribution in [0.5, 0.6) is 0 Å². The first-order valence-electron chi connectivity index (χ1n) is 8.65. The Morgan fingerprint density at radius 1 is 1.19 bits per heavy atom. The van der Waals surface area contributed by atoms with Crippen molar-refractivity contribution in [1.29, 1.82) is 0 Å². The normalized spacial score (nSPS) is 13.4. The van der Waals surface area contributed by atoms with E-state index in [0.29, 0.717) is 17.3 Å². The second-order valence-electron chi connectivity index (χ2n) is 6.12. The van der Waals surface area contributed by atoms with Crippen LogP contribution in [0.2, 0.25) is 0 Å². The lowest BCUT2D eigenvalue weighted by Gasteiger charge is -2.09. The monoisotopic (exact) mass is 386 g/mol. The molecular formula is C19H18N2O3S2. The van der Waals surface area contributed by atoms with Crippen LogP contribution >= 0.6 is 22.7 Å². The Morgan fingerprint density at radius 2 is 1.96 bits per heavy atom. The molecule has 0 aliphatic heterocycles. The van der Waals surface area contributed by atoms with Crippen molar-refractivity contribution in [2.45, 2.75) is 32.6 Å². The second kappa shape index (κ2) is 7.17. The molecule has 0 fully saturated rings. The van der Waals surface area contributed by atoms with Gasteiger partial charge in [-0.05, 0) is 62.4 Å². The summed E-state index contributed by atoms with van der Waals surface area (Å²) in [7, 11) is 0. The van der Waals surface area contributed by atoms with Gasteiger partial charge < -0.3 is 10.1 Å². The Bertz CT molecular complexity index is 1020. The van der Waals surface area contributed by atoms with Gasteiger partial charge in [0.1, 0.15) is 4.83 Å². The standard InChI is InChI=1S/C19H18N2O3S2/c1-2-24-17(22)11-7-9-12(10-8-11)20-19-21-16-15(18(23)26-19)13-5-3-4-6-14(13)25-16/h7-10H,2-6H2,1H3,(H,20,21). The average Bonchev–Trinajstić information content (AvgIpc) is 3.01. The molecule has 0 spiro atoms. The number of aryl methyl sites for hydroxylation is 2. The first-order valence-corrected chi connectivity index (χ1v) is 10.3. The van der Waals surface area contributed by atoms with Gasteiger partial charge in [-0.3, -0.25) is 4.79 Å². The van der Waals surface area contributed by atoms with Crippen LogP contribution in [0.4, 0.5) is 10.8 Å². The van der Waals surface area contributed by atoms with Crippen molar-refractivity contribution in [2.24, 2.45) is 0 Å². The van der Waals surface area contributed by atoms with Gasteiger partial charge in [0.05, 0.1) is 17.6 Å². The van der Waals surface area contributed by atoms with Crippen LogP contribution in [0.15, 0.2) is 29.1 Å². The van der Waals surface area contributed by atoms with E-state index >= 15 is 0 Å². The van der Waals surface area contributed by atoms with Gasteiger partial charge in [-0.25, -0.2) is 9.78 Å². The second-order valence-corrected chi connectivity index (χ2v) is 8.17. The molecule has 0 bridgehead atoms. The predicted octanol–water partition coefficient (Wildman–Crippen LogP) is 4.52. The van der Waals surface area contributed by atoms with Gasteiger partial charge in [-0.15, -0.1) is 11.3 Å². The van der Waals surface area contributed by atoms with Crippen molar-refractivity contribution in [1.82, 2.24) is 4.98 Å². The average molecular weight is 386 g/mol. The lowest BCUT2D eigenvalue weighted by atomic mass is 9.98. The number of thiophene rings is 1. The van der Waals surface area contributed by atoms with Crippen molar-refractivity contribution < 1.29 is 9.53 Å². The van der Waals surface area contributed by atoms with E-state index in [2.05, 4.69) is 10.3 Å². The van der Waals surface area contributed by atoms with Gasteiger partial charge in [0.15, 0.2) is 5.13 Å². The summed E-state index contributed by atoms with van der Waals surface area (Å²) in [6.07, 6.45) is 4.38. The zero-order valence-corrected chi connectivity index (χ0v) is 16.0. The molecule has 1 aliphatic carbocycles. The Balaban J connectivity index is 1.61. The highest BCUT2D eigenvalue weighted by molar-refractivity contribution is 7.20. The van der Waals surface area contributed by atoms with Crippen molar-refractivity contribution >= 4 is 49.7 Å². The topological polar surface area (TPSA) is 68.3 Å². The molecule has 1 aromatic carbocycles. The number of ether oxygens (including phenoxy) is 1. The number of benzene rings is 1. The highest BCUT2D eigenvalue weighted by atomic mass is 32.1. The van der Waals surface area contributed by atoms with Gasteiger partial charge in [0, 0.05) is 10.6 Å². The quantitative estimate of drug-likeness (QED) is 0.668. The van der Waals surface area contributed by atoms with Crippen molar-refractivity contribution in [3.05, 3.63) is 49.8 Å². The zero-order valence-electron chi connectivity index (χ0n) is 14.3. The molecule has 2 aromatic heterocycles. The number of rotatable bonds is 4. The number of anilines is 2. The van der Waals surface area contributed by atoms with Gasteiger partial charge in [0.2, 0.25) is 4.74 Å². The number of hydrogen-bond donors (Lipinski definition) is 1. The number of fused-ring (bicyclic) bond motifs is 3. The summed E-state index contributed by atoms with van der Waals surface area (Å²) in [5, 5.41) is 4.57. The van der Waals surface area contributed by atoms with Crippen molar-refractivity contribution in [3.8, 4) is 0 Å². The molecule has 0 atom stereocenters. The van der Waals surface area contributed by atoms with Crippen LogP contribution in [0.3, 0.4) is 0 Å². The highest BCUT2D eigenvalue weighted by Crippen LogP contribution is 2.35. The number of nitrogens with one attached hydrogen (secondary N) is 1. The molecule has 0 unspecified atom stereocenters. The molecule has 5 nitrogen and oxygen atoms in total. The lowest BCUT2D eigenvalue weighted by Crippen LogP contribution is -2.05. The van der Waals surface area contributed by atoms with E-state index < -0.39 is 0 Å². The third-order valence-electron chi connectivity index (χ3n) is 4.40. The SMILES string of the molecule is CCOC(=O)c1ccc(Nc2nc3sc4c(c3c(=O)s2)CCCC4)cc1. The summed E-state index contributed by atoms with van der Waals surface area (Å²) in [4.78, 5) is 31.1. The molecule has 0 saturated heterocycles. The number of hydrogen-bond acceptors (Lipinski definition) is 7. The van der Waals surface area contributed by atoms with Crippen LogP contribution in [0.1, 0.15) is 40.6 Å². The van der Waals surface area contributed by atoms with Crippen LogP contribution < -0.4 is 10.1 Å². The number of aromatic nitrogens is 1. The van der Waals surface area contributed by atoms with Crippen LogP contribution in [0, 0.1) is 0 Å². The Hall–Kier alpha value is -2.25. The number of carbonyl (C=O) groups excluding carboxylic acids is 1. The molecule has 0 saturated carbocycles. The van der Waals surface area contributed by atoms with Crippen LogP contribution in [0.25, 0.3) is 10.2 Å². The summed E-state index contributed by atoms with van der Waals surface area (Å²) in [5.74, 6) is -0.340. The maximum atomic E-state index is 12.6. The first kappa shape index (κ1) is 17.2. The zero-order chi connectivity index (χ0) is 18.1. The largest absolute Gasteiger partial charge is 0.462 e. The fraction of sp³-hybridized carbons (Fsp3) is 0.316. The molecule has 0 radical (unpaired) electrons. The molecule has 4 rings (SSSR count). The van der Waals surface area contributed by atoms with Gasteiger partial charge >= 0.3 is 5.97 Å². The maximum absolute atomic E-state index is 12.6. The summed E-state index contributed by atoms with van der Waals surface area (Å²) in [6.45, 7) is 2.13. The molecule has 134 valence electrons. The van der Waals surface area contributed by atoms with E-state index in [4.69, 9.17) is 4.74 Å². The molecule has 26 heavy (non-hydrogen) atoms. The molecule has 1 aliphatic rings. The third-order valence-corrected chi connectivity index (χ3v) is 6.36. The third kappa shape index (κ3) is 3.24. The minimum Gasteiger partial charge on any atom is -0.462 e. The smallest absolute Gasteiger partial charge is 0.338 e. The van der Waals surface area contributed by atoms with E-state index in [1.807, 2.05) is 0 Å². The lowest BCUT2D eigenvalue weighted by molar-refractivity contribution is 0.0526. The summed E-state index contributed by atoms with van der Waals surface area (Å²) >= 11 is 2.78. The van der Waals surface area contributed by atoms with Crippen LogP contribution in [-0.4, -0.2) is 17.6 Å². The number of esters is 1. The molecule has 3 aromatic rings. The van der Waals surface area contributed by atoms with E-state index in [9.17, 15) is 9.59 Å². The fourth-order valence-corrected chi connectivity index (χ4v) is 5.36. The van der Waals surface area contributed by atoms with Gasteiger partial charge in [-0.2, -0.15) is 0 Å². The van der Waals surface area contributed by atoms with Crippen molar-refractivity contribution in [2.75, 3.05) is 11.9 Å². The summed E-state index contributed by atoms with van der Waals surface area (Å²) in [5.41, 5.74) is 2.50. The molecular weight excluding hydrogens is 368 g/mol. The molecule has 1 N–H and O–H groups in total. The number of nitrogens with zero attached hydrogens (tertiary/aromatic N) is 1. The van der Waals surface area contributed by atoms with Gasteiger partial charge in [-0.1, -0.05) is 11.3 Å². The van der Waals surface area contributed by atoms with Gasteiger partial charge in [0.25, 0.3) is 0 Å². The molecule has 0 amide bonds. The van der Waals surface area contributed by atoms with E-state index in [0.717, 1.165) is 46.5 Å². The Kier molecular flexibility index (Phi) is 4.74. The predicted molar refractivity (Wildman–Crippen MR) is 106 cm³/mol. The minimum absolute atomic E-state index is 0.0695. The Labute approximate surface area is 158 Å². The summed E-state index contributed by atoms with van der Waals surface area (Å²) in [6, 6.07) is 6.97. The van der Waals surface area contributed by atoms with E-state index in [1.165, 1.54) is 16.9 Å². The highest BCUT2D eigenvalue weighted by Gasteiger charge is 2.20. The maximum Gasteiger partial charge on any atom is 0.338 e. The fourth-order valence-electron chi connectivity index (χ4n) is 3.18. The van der Waals surface area contributed by atoms with Crippen LogP contribution in [-0.2, 0) is 17.6 Å². The van der Waals surface area contributed by atoms with Crippen molar-refractivity contribution in [3.63, 3.8) is 0 Å². The van der Waals surface area contributed by atoms with E-state index in [-0.39, 0.29) is 10.7 Å². The Morgan fingerprint density at radius 3 is 2.73 bits per heavy atom.